The molecule has 2 aromatic heterocycles. The molecular formula is C7H8N4. The van der Waals surface area contributed by atoms with Crippen LogP contribution in [0, 0.1) is 6.92 Å². The second kappa shape index (κ2) is 1.95. The van der Waals surface area contributed by atoms with Crippen LogP contribution in [0.3, 0.4) is 0 Å². The molecule has 11 heavy (non-hydrogen) atoms. The van der Waals surface area contributed by atoms with Crippen molar-refractivity contribution in [3.05, 3.63) is 24.2 Å². The van der Waals surface area contributed by atoms with Crippen molar-refractivity contribution in [3.63, 3.8) is 0 Å². The zero-order chi connectivity index (χ0) is 7.84. The van der Waals surface area contributed by atoms with Gasteiger partial charge in [0.25, 0.3) is 0 Å². The Bertz CT molecular complexity index is 390. The first-order valence-corrected chi connectivity index (χ1v) is 3.34. The van der Waals surface area contributed by atoms with E-state index in [0.717, 1.165) is 11.2 Å². The molecule has 4 nitrogen and oxygen atoms in total. The first-order valence-electron chi connectivity index (χ1n) is 3.34. The molecule has 56 valence electrons. The van der Waals surface area contributed by atoms with Crippen LogP contribution >= 0.6 is 0 Å². The highest BCUT2D eigenvalue weighted by Gasteiger charge is 1.99. The predicted molar refractivity (Wildman–Crippen MR) is 42.1 cm³/mol. The topological polar surface area (TPSA) is 56.2 Å². The Balaban J connectivity index is 2.90. The van der Waals surface area contributed by atoms with Crippen molar-refractivity contribution in [2.24, 2.45) is 0 Å². The summed E-state index contributed by atoms with van der Waals surface area (Å²) in [6.07, 6.45) is 3.48. The quantitative estimate of drug-likeness (QED) is 0.595. The third-order valence-corrected chi connectivity index (χ3v) is 1.60. The monoisotopic (exact) mass is 148 g/mol. The number of nitrogens with zero attached hydrogens (tertiary/aromatic N) is 3. The van der Waals surface area contributed by atoms with Crippen molar-refractivity contribution in [1.82, 2.24) is 14.6 Å². The van der Waals surface area contributed by atoms with E-state index in [4.69, 9.17) is 5.73 Å². The molecule has 2 rings (SSSR count). The van der Waals surface area contributed by atoms with E-state index in [1.165, 1.54) is 0 Å². The van der Waals surface area contributed by atoms with Crippen molar-refractivity contribution < 1.29 is 0 Å². The largest absolute Gasteiger partial charge is 0.382 e. The Morgan fingerprint density at radius 3 is 3.09 bits per heavy atom. The summed E-state index contributed by atoms with van der Waals surface area (Å²) in [6, 6.07) is 1.81. The van der Waals surface area contributed by atoms with Gasteiger partial charge in [0.15, 0.2) is 0 Å². The van der Waals surface area contributed by atoms with Gasteiger partial charge in [-0.3, -0.25) is 4.98 Å². The lowest BCUT2D eigenvalue weighted by Crippen LogP contribution is -1.91. The van der Waals surface area contributed by atoms with Gasteiger partial charge in [0.1, 0.15) is 5.82 Å². The zero-order valence-electron chi connectivity index (χ0n) is 6.15. The second-order valence-corrected chi connectivity index (χ2v) is 2.41. The summed E-state index contributed by atoms with van der Waals surface area (Å²) in [6.45, 7) is 1.93. The van der Waals surface area contributed by atoms with Gasteiger partial charge >= 0.3 is 0 Å². The van der Waals surface area contributed by atoms with Crippen molar-refractivity contribution >= 4 is 11.3 Å². The molecule has 0 fully saturated rings. The maximum Gasteiger partial charge on any atom is 0.146 e. The van der Waals surface area contributed by atoms with Crippen molar-refractivity contribution in [2.45, 2.75) is 6.92 Å². The summed E-state index contributed by atoms with van der Waals surface area (Å²) in [5.41, 5.74) is 7.40. The van der Waals surface area contributed by atoms with Crippen LogP contribution in [0.1, 0.15) is 5.69 Å². The lowest BCUT2D eigenvalue weighted by atomic mass is 10.4. The minimum Gasteiger partial charge on any atom is -0.382 e. The van der Waals surface area contributed by atoms with Gasteiger partial charge in [-0.15, -0.1) is 0 Å². The highest BCUT2D eigenvalue weighted by molar-refractivity contribution is 5.56. The first-order chi connectivity index (χ1) is 5.27. The average molecular weight is 148 g/mol. The van der Waals surface area contributed by atoms with Crippen molar-refractivity contribution in [3.8, 4) is 0 Å². The van der Waals surface area contributed by atoms with Gasteiger partial charge in [-0.2, -0.15) is 5.10 Å². The van der Waals surface area contributed by atoms with Crippen LogP contribution in [0.25, 0.3) is 5.52 Å². The second-order valence-electron chi connectivity index (χ2n) is 2.41. The number of fused-ring (bicyclic) bond motifs is 1. The smallest absolute Gasteiger partial charge is 0.146 e. The highest BCUT2D eigenvalue weighted by atomic mass is 15.2. The van der Waals surface area contributed by atoms with Crippen LogP contribution in [0.2, 0.25) is 0 Å². The van der Waals surface area contributed by atoms with Crippen LogP contribution < -0.4 is 5.73 Å². The summed E-state index contributed by atoms with van der Waals surface area (Å²) in [5, 5.41) is 4.03. The fraction of sp³-hybridized carbons (Fsp3) is 0.143. The molecule has 0 radical (unpaired) electrons. The van der Waals surface area contributed by atoms with Crippen molar-refractivity contribution in [2.75, 3.05) is 5.73 Å². The maximum absolute atomic E-state index is 5.50. The van der Waals surface area contributed by atoms with Gasteiger partial charge in [-0.1, -0.05) is 0 Å². The minimum atomic E-state index is 0.529. The third-order valence-electron chi connectivity index (χ3n) is 1.60. The molecular weight excluding hydrogens is 140 g/mol. The molecule has 0 bridgehead atoms. The summed E-state index contributed by atoms with van der Waals surface area (Å²) in [7, 11) is 0. The standard InChI is InChI=1S/C7H8N4/c1-5-6-4-7(8)10-11(6)3-2-9-5/h2-4H,1H3,(H2,8,10). The van der Waals surface area contributed by atoms with E-state index in [-0.39, 0.29) is 0 Å². The van der Waals surface area contributed by atoms with Crippen LogP contribution in [-0.4, -0.2) is 14.6 Å². The van der Waals surface area contributed by atoms with Crippen molar-refractivity contribution in [1.29, 1.82) is 0 Å². The van der Waals surface area contributed by atoms with Gasteiger partial charge in [0.2, 0.25) is 0 Å². The Hall–Kier alpha value is -1.58. The maximum atomic E-state index is 5.50. The van der Waals surface area contributed by atoms with E-state index in [1.807, 2.05) is 13.0 Å². The molecule has 4 heteroatoms. The summed E-state index contributed by atoms with van der Waals surface area (Å²) >= 11 is 0. The van der Waals surface area contributed by atoms with E-state index in [1.54, 1.807) is 16.9 Å². The fourth-order valence-electron chi connectivity index (χ4n) is 1.07. The molecule has 0 atom stereocenters. The fourth-order valence-corrected chi connectivity index (χ4v) is 1.07. The van der Waals surface area contributed by atoms with Crippen LogP contribution in [0.15, 0.2) is 18.5 Å². The molecule has 0 amide bonds. The minimum absolute atomic E-state index is 0.529. The third kappa shape index (κ3) is 0.832. The van der Waals surface area contributed by atoms with Gasteiger partial charge in [0.05, 0.1) is 11.2 Å². The Labute approximate surface area is 63.7 Å². The molecule has 0 spiro atoms. The van der Waals surface area contributed by atoms with Gasteiger partial charge in [-0.05, 0) is 6.92 Å². The van der Waals surface area contributed by atoms with Gasteiger partial charge in [0, 0.05) is 18.5 Å². The van der Waals surface area contributed by atoms with Gasteiger partial charge < -0.3 is 5.73 Å². The van der Waals surface area contributed by atoms with E-state index in [9.17, 15) is 0 Å². The molecule has 0 aromatic carbocycles. The number of hydrogen-bond acceptors (Lipinski definition) is 3. The molecule has 0 unspecified atom stereocenters. The van der Waals surface area contributed by atoms with Crippen LogP contribution in [0.4, 0.5) is 5.82 Å². The molecule has 0 saturated carbocycles. The molecule has 0 aliphatic carbocycles. The van der Waals surface area contributed by atoms with E-state index in [2.05, 4.69) is 10.1 Å². The highest BCUT2D eigenvalue weighted by Crippen LogP contribution is 2.09. The van der Waals surface area contributed by atoms with E-state index < -0.39 is 0 Å². The molecule has 2 heterocycles. The molecule has 0 saturated heterocycles. The van der Waals surface area contributed by atoms with Crippen LogP contribution in [-0.2, 0) is 0 Å². The van der Waals surface area contributed by atoms with E-state index >= 15 is 0 Å². The molecule has 0 aliphatic rings. The zero-order valence-corrected chi connectivity index (χ0v) is 6.15. The number of hydrogen-bond donors (Lipinski definition) is 1. The normalized spacial score (nSPS) is 10.6. The number of nitrogen functional groups attached to an aromatic ring is 1. The number of anilines is 1. The predicted octanol–water partition coefficient (Wildman–Crippen LogP) is 0.620. The SMILES string of the molecule is Cc1nccn2nc(N)cc12. The molecule has 0 aliphatic heterocycles. The Morgan fingerprint density at radius 1 is 1.55 bits per heavy atom. The number of nitrogens with two attached hydrogens (primary N) is 1. The number of rotatable bonds is 0. The first kappa shape index (κ1) is 6.15. The summed E-state index contributed by atoms with van der Waals surface area (Å²) in [5.74, 6) is 0.529. The lowest BCUT2D eigenvalue weighted by molar-refractivity contribution is 0.940. The van der Waals surface area contributed by atoms with Crippen LogP contribution in [0.5, 0.6) is 0 Å². The Morgan fingerprint density at radius 2 is 2.36 bits per heavy atom. The van der Waals surface area contributed by atoms with E-state index in [0.29, 0.717) is 5.82 Å². The molecule has 2 aromatic rings. The lowest BCUT2D eigenvalue weighted by Gasteiger charge is -1.92. The Kier molecular flexibility index (Phi) is 1.09. The number of aryl methyl sites for hydroxylation is 1. The molecule has 2 N–H and O–H groups in total. The average Bonchev–Trinajstić information content (AvgIpc) is 2.31. The van der Waals surface area contributed by atoms with Gasteiger partial charge in [-0.25, -0.2) is 4.52 Å². The number of aromatic nitrogens is 3. The summed E-state index contributed by atoms with van der Waals surface area (Å²) in [4.78, 5) is 4.10. The summed E-state index contributed by atoms with van der Waals surface area (Å²) < 4.78 is 1.72.